The van der Waals surface area contributed by atoms with Gasteiger partial charge in [-0.15, -0.1) is 9.24 Å². The molecule has 0 saturated heterocycles. The van der Waals surface area contributed by atoms with Gasteiger partial charge in [0, 0.05) is 29.5 Å². The lowest BCUT2D eigenvalue weighted by atomic mass is 9.74. The molecular formula is C20H18FN6P. The van der Waals surface area contributed by atoms with Crippen molar-refractivity contribution in [1.29, 1.82) is 0 Å². The molecule has 3 aromatic heterocycles. The zero-order valence-electron chi connectivity index (χ0n) is 15.0. The number of H-pyrrole nitrogens is 1. The van der Waals surface area contributed by atoms with Gasteiger partial charge in [-0.3, -0.25) is 10.1 Å². The summed E-state index contributed by atoms with van der Waals surface area (Å²) in [5, 5.41) is 12.4. The Morgan fingerprint density at radius 3 is 2.64 bits per heavy atom. The van der Waals surface area contributed by atoms with Gasteiger partial charge in [-0.25, -0.2) is 14.4 Å². The number of aromatic amines is 1. The first kappa shape index (κ1) is 17.2. The quantitative estimate of drug-likeness (QED) is 0.520. The standard InChI is InChI=1S/C20H18FN6P/c21-15-3-1-6-22-18(15)20(4-2-5-20)26-19-23-9-13(10-24-19)14-7-12-11-25-27-16(12)8-17(14)28/h1,3,6-11H,2,4-5,28H2,(H,25,27)(H,23,24,26). The molecule has 3 heterocycles. The van der Waals surface area contributed by atoms with Gasteiger partial charge in [0.2, 0.25) is 5.95 Å². The molecule has 0 aliphatic heterocycles. The minimum atomic E-state index is -0.533. The number of fused-ring (bicyclic) bond motifs is 1. The van der Waals surface area contributed by atoms with Crippen LogP contribution in [0.25, 0.3) is 22.0 Å². The van der Waals surface area contributed by atoms with Crippen LogP contribution in [0.2, 0.25) is 0 Å². The highest BCUT2D eigenvalue weighted by molar-refractivity contribution is 7.28. The zero-order chi connectivity index (χ0) is 19.1. The molecule has 1 aliphatic rings. The summed E-state index contributed by atoms with van der Waals surface area (Å²) in [6, 6.07) is 7.14. The first-order valence-electron chi connectivity index (χ1n) is 9.09. The fourth-order valence-electron chi connectivity index (χ4n) is 3.69. The van der Waals surface area contributed by atoms with E-state index >= 15 is 0 Å². The van der Waals surface area contributed by atoms with Gasteiger partial charge in [0.1, 0.15) is 11.5 Å². The maximum Gasteiger partial charge on any atom is 0.223 e. The zero-order valence-corrected chi connectivity index (χ0v) is 16.1. The Morgan fingerprint density at radius 2 is 1.93 bits per heavy atom. The molecule has 4 aromatic rings. The molecule has 0 spiro atoms. The van der Waals surface area contributed by atoms with Gasteiger partial charge >= 0.3 is 0 Å². The molecule has 0 radical (unpaired) electrons. The molecular weight excluding hydrogens is 374 g/mol. The highest BCUT2D eigenvalue weighted by Crippen LogP contribution is 2.43. The lowest BCUT2D eigenvalue weighted by Gasteiger charge is -2.42. The van der Waals surface area contributed by atoms with E-state index in [2.05, 4.69) is 45.8 Å². The van der Waals surface area contributed by atoms with Crippen molar-refractivity contribution in [1.82, 2.24) is 25.1 Å². The van der Waals surface area contributed by atoms with Crippen LogP contribution in [-0.4, -0.2) is 25.1 Å². The van der Waals surface area contributed by atoms with Gasteiger partial charge in [-0.05, 0) is 54.4 Å². The Hall–Kier alpha value is -2.92. The number of nitrogens with one attached hydrogen (secondary N) is 2. The smallest absolute Gasteiger partial charge is 0.223 e. The third-order valence-electron chi connectivity index (χ3n) is 5.34. The second-order valence-corrected chi connectivity index (χ2v) is 7.71. The average Bonchev–Trinajstić information content (AvgIpc) is 3.12. The lowest BCUT2D eigenvalue weighted by Crippen LogP contribution is -2.44. The highest BCUT2D eigenvalue weighted by atomic mass is 31.0. The topological polar surface area (TPSA) is 79.4 Å². The Balaban J connectivity index is 1.45. The van der Waals surface area contributed by atoms with Crippen molar-refractivity contribution < 1.29 is 4.39 Å². The summed E-state index contributed by atoms with van der Waals surface area (Å²) in [5.74, 6) is 0.176. The van der Waals surface area contributed by atoms with Gasteiger partial charge in [0.15, 0.2) is 0 Å². The third-order valence-corrected chi connectivity index (χ3v) is 5.82. The molecule has 1 fully saturated rings. The molecule has 0 amide bonds. The summed E-state index contributed by atoms with van der Waals surface area (Å²) >= 11 is 0. The van der Waals surface area contributed by atoms with E-state index in [-0.39, 0.29) is 5.82 Å². The Bertz CT molecular complexity index is 1150. The molecule has 2 N–H and O–H groups in total. The molecule has 1 atom stereocenters. The molecule has 0 bridgehead atoms. The van der Waals surface area contributed by atoms with Crippen LogP contribution in [-0.2, 0) is 5.54 Å². The predicted molar refractivity (Wildman–Crippen MR) is 110 cm³/mol. The van der Waals surface area contributed by atoms with E-state index in [9.17, 15) is 4.39 Å². The van der Waals surface area contributed by atoms with Crippen LogP contribution >= 0.6 is 9.24 Å². The number of pyridine rings is 1. The summed E-state index contributed by atoms with van der Waals surface area (Å²) in [6.07, 6.45) is 9.61. The molecule has 5 rings (SSSR count). The van der Waals surface area contributed by atoms with E-state index in [4.69, 9.17) is 0 Å². The minimum Gasteiger partial charge on any atom is -0.343 e. The fraction of sp³-hybridized carbons (Fsp3) is 0.200. The number of anilines is 1. The largest absolute Gasteiger partial charge is 0.343 e. The Morgan fingerprint density at radius 1 is 1.11 bits per heavy atom. The van der Waals surface area contributed by atoms with Crippen molar-refractivity contribution in [3.8, 4) is 11.1 Å². The number of hydrogen-bond acceptors (Lipinski definition) is 5. The maximum atomic E-state index is 14.3. The number of aromatic nitrogens is 5. The van der Waals surface area contributed by atoms with Gasteiger partial charge in [0.05, 0.1) is 17.3 Å². The van der Waals surface area contributed by atoms with Gasteiger partial charge in [-0.1, -0.05) is 0 Å². The van der Waals surface area contributed by atoms with Crippen molar-refractivity contribution in [3.63, 3.8) is 0 Å². The monoisotopic (exact) mass is 392 g/mol. The molecule has 1 aliphatic carbocycles. The van der Waals surface area contributed by atoms with Crippen molar-refractivity contribution in [2.75, 3.05) is 5.32 Å². The average molecular weight is 392 g/mol. The van der Waals surface area contributed by atoms with Crippen LogP contribution in [0.3, 0.4) is 0 Å². The molecule has 140 valence electrons. The lowest BCUT2D eigenvalue weighted by molar-refractivity contribution is 0.264. The minimum absolute atomic E-state index is 0.299. The fourth-order valence-corrected chi connectivity index (χ4v) is 4.11. The molecule has 28 heavy (non-hydrogen) atoms. The Labute approximate surface area is 163 Å². The third kappa shape index (κ3) is 2.83. The van der Waals surface area contributed by atoms with Crippen molar-refractivity contribution in [2.24, 2.45) is 0 Å². The van der Waals surface area contributed by atoms with Gasteiger partial charge in [0.25, 0.3) is 0 Å². The first-order valence-corrected chi connectivity index (χ1v) is 9.67. The van der Waals surface area contributed by atoms with E-state index in [0.717, 1.165) is 46.6 Å². The van der Waals surface area contributed by atoms with E-state index in [0.29, 0.717) is 11.6 Å². The van der Waals surface area contributed by atoms with Gasteiger partial charge in [-0.2, -0.15) is 5.10 Å². The summed E-state index contributed by atoms with van der Waals surface area (Å²) in [7, 11) is 2.74. The molecule has 1 aromatic carbocycles. The van der Waals surface area contributed by atoms with Crippen LogP contribution in [0.4, 0.5) is 10.3 Å². The Kier molecular flexibility index (Phi) is 4.05. The number of nitrogens with zero attached hydrogens (tertiary/aromatic N) is 4. The summed E-state index contributed by atoms with van der Waals surface area (Å²) in [4.78, 5) is 13.2. The molecule has 1 saturated carbocycles. The highest BCUT2D eigenvalue weighted by Gasteiger charge is 2.42. The second-order valence-electron chi connectivity index (χ2n) is 7.09. The summed E-state index contributed by atoms with van der Waals surface area (Å²) in [6.45, 7) is 0. The van der Waals surface area contributed by atoms with Crippen LogP contribution in [0.5, 0.6) is 0 Å². The summed E-state index contributed by atoms with van der Waals surface area (Å²) < 4.78 is 14.3. The number of benzene rings is 1. The molecule has 6 nitrogen and oxygen atoms in total. The van der Waals surface area contributed by atoms with E-state index in [1.54, 1.807) is 30.9 Å². The maximum absolute atomic E-state index is 14.3. The normalized spacial score (nSPS) is 15.4. The van der Waals surface area contributed by atoms with Crippen LogP contribution < -0.4 is 10.6 Å². The van der Waals surface area contributed by atoms with Crippen molar-refractivity contribution >= 4 is 31.4 Å². The van der Waals surface area contributed by atoms with Crippen LogP contribution in [0.1, 0.15) is 25.0 Å². The number of rotatable bonds is 4. The van der Waals surface area contributed by atoms with Crippen LogP contribution in [0.15, 0.2) is 49.1 Å². The van der Waals surface area contributed by atoms with Crippen LogP contribution in [0, 0.1) is 5.82 Å². The van der Waals surface area contributed by atoms with E-state index in [1.807, 2.05) is 6.07 Å². The number of hydrogen-bond donors (Lipinski definition) is 2. The van der Waals surface area contributed by atoms with E-state index in [1.165, 1.54) is 6.07 Å². The first-order chi connectivity index (χ1) is 13.6. The summed E-state index contributed by atoms with van der Waals surface area (Å²) in [5.41, 5.74) is 2.82. The second kappa shape index (κ2) is 6.60. The van der Waals surface area contributed by atoms with Crippen molar-refractivity contribution in [2.45, 2.75) is 24.8 Å². The number of halogens is 1. The predicted octanol–water partition coefficient (Wildman–Crippen LogP) is 3.55. The molecule has 8 heteroatoms. The molecule has 1 unspecified atom stereocenters. The SMILES string of the molecule is Fc1cccnc1C1(Nc2ncc(-c3cc4cn[nH]c4cc3P)cn2)CCC1. The van der Waals surface area contributed by atoms with E-state index < -0.39 is 5.54 Å². The van der Waals surface area contributed by atoms with Gasteiger partial charge < -0.3 is 5.32 Å². The van der Waals surface area contributed by atoms with Crippen molar-refractivity contribution in [3.05, 3.63) is 60.6 Å².